The standard InChI is InChI=1S/C19H23N5S/c1-2-23-8-10-24(11-9-23)18-4-3-15(14-22-18)13-21-16-5-7-20-17-6-12-25-19(16)17/h3-7,12,14H,2,8-11,13H2,1H3,(H,20,21). The number of nitrogens with zero attached hydrogens (tertiary/aromatic N) is 4. The van der Waals surface area contributed by atoms with Crippen LogP contribution in [0.2, 0.25) is 0 Å². The lowest BCUT2D eigenvalue weighted by atomic mass is 10.2. The zero-order chi connectivity index (χ0) is 17.1. The Bertz CT molecular complexity index is 821. The first kappa shape index (κ1) is 16.3. The third-order valence-corrected chi connectivity index (χ3v) is 5.72. The van der Waals surface area contributed by atoms with Gasteiger partial charge < -0.3 is 15.1 Å². The summed E-state index contributed by atoms with van der Waals surface area (Å²) in [5.41, 5.74) is 3.38. The van der Waals surface area contributed by atoms with Gasteiger partial charge in [-0.2, -0.15) is 0 Å². The number of nitrogens with one attached hydrogen (secondary N) is 1. The zero-order valence-electron chi connectivity index (χ0n) is 14.5. The lowest BCUT2D eigenvalue weighted by molar-refractivity contribution is 0.270. The Morgan fingerprint density at radius 2 is 1.96 bits per heavy atom. The van der Waals surface area contributed by atoms with Gasteiger partial charge in [0.05, 0.1) is 15.9 Å². The molecule has 4 rings (SSSR count). The molecule has 25 heavy (non-hydrogen) atoms. The molecule has 1 fully saturated rings. The molecule has 0 unspecified atom stereocenters. The van der Waals surface area contributed by atoms with Crippen LogP contribution in [-0.4, -0.2) is 47.6 Å². The number of hydrogen-bond acceptors (Lipinski definition) is 6. The van der Waals surface area contributed by atoms with Gasteiger partial charge in [-0.25, -0.2) is 4.98 Å². The second-order valence-corrected chi connectivity index (χ2v) is 7.21. The summed E-state index contributed by atoms with van der Waals surface area (Å²) in [5, 5.41) is 5.59. The number of rotatable bonds is 5. The number of anilines is 2. The number of piperazine rings is 1. The maximum Gasteiger partial charge on any atom is 0.128 e. The van der Waals surface area contributed by atoms with Crippen LogP contribution in [0, 0.1) is 0 Å². The highest BCUT2D eigenvalue weighted by molar-refractivity contribution is 7.17. The van der Waals surface area contributed by atoms with Gasteiger partial charge in [-0.05, 0) is 35.7 Å². The van der Waals surface area contributed by atoms with E-state index in [9.17, 15) is 0 Å². The Kier molecular flexibility index (Phi) is 4.81. The molecule has 0 atom stereocenters. The minimum Gasteiger partial charge on any atom is -0.380 e. The molecule has 1 N–H and O–H groups in total. The molecule has 1 aliphatic rings. The van der Waals surface area contributed by atoms with Crippen LogP contribution in [0.25, 0.3) is 10.2 Å². The van der Waals surface area contributed by atoms with Crippen LogP contribution in [0.4, 0.5) is 11.5 Å². The average molecular weight is 353 g/mol. The molecule has 130 valence electrons. The number of thiophene rings is 1. The van der Waals surface area contributed by atoms with Gasteiger partial charge in [0.2, 0.25) is 0 Å². The average Bonchev–Trinajstić information content (AvgIpc) is 3.16. The van der Waals surface area contributed by atoms with E-state index in [1.54, 1.807) is 11.3 Å². The van der Waals surface area contributed by atoms with E-state index in [2.05, 4.69) is 55.6 Å². The highest BCUT2D eigenvalue weighted by Gasteiger charge is 2.16. The second-order valence-electron chi connectivity index (χ2n) is 6.29. The van der Waals surface area contributed by atoms with Gasteiger partial charge in [0.15, 0.2) is 0 Å². The SMILES string of the molecule is CCN1CCN(c2ccc(CNc3ccnc4ccsc34)cn2)CC1. The smallest absolute Gasteiger partial charge is 0.128 e. The van der Waals surface area contributed by atoms with E-state index in [1.165, 1.54) is 10.3 Å². The molecule has 1 aliphatic heterocycles. The van der Waals surface area contributed by atoms with Gasteiger partial charge in [-0.1, -0.05) is 13.0 Å². The van der Waals surface area contributed by atoms with Crippen LogP contribution in [0.1, 0.15) is 12.5 Å². The zero-order valence-corrected chi connectivity index (χ0v) is 15.3. The molecular weight excluding hydrogens is 330 g/mol. The lowest BCUT2D eigenvalue weighted by Crippen LogP contribution is -2.46. The van der Waals surface area contributed by atoms with Crippen molar-refractivity contribution >= 4 is 33.1 Å². The van der Waals surface area contributed by atoms with Gasteiger partial charge in [0, 0.05) is 45.1 Å². The topological polar surface area (TPSA) is 44.3 Å². The molecule has 0 aromatic carbocycles. The molecule has 0 spiro atoms. The second kappa shape index (κ2) is 7.37. The van der Waals surface area contributed by atoms with Crippen molar-refractivity contribution < 1.29 is 0 Å². The number of pyridine rings is 2. The Hall–Kier alpha value is -2.18. The molecule has 4 heterocycles. The summed E-state index contributed by atoms with van der Waals surface area (Å²) in [4.78, 5) is 13.9. The van der Waals surface area contributed by atoms with Crippen molar-refractivity contribution in [3.8, 4) is 0 Å². The van der Waals surface area contributed by atoms with Gasteiger partial charge in [-0.15, -0.1) is 11.3 Å². The highest BCUT2D eigenvalue weighted by Crippen LogP contribution is 2.27. The van der Waals surface area contributed by atoms with E-state index in [-0.39, 0.29) is 0 Å². The predicted octanol–water partition coefficient (Wildman–Crippen LogP) is 3.45. The molecule has 1 saturated heterocycles. The van der Waals surface area contributed by atoms with Crippen molar-refractivity contribution in [2.24, 2.45) is 0 Å². The van der Waals surface area contributed by atoms with Crippen LogP contribution in [0.5, 0.6) is 0 Å². The quantitative estimate of drug-likeness (QED) is 0.761. The minimum atomic E-state index is 0.772. The molecule has 0 amide bonds. The van der Waals surface area contributed by atoms with Gasteiger partial charge >= 0.3 is 0 Å². The molecule has 3 aromatic rings. The first-order valence-electron chi connectivity index (χ1n) is 8.82. The van der Waals surface area contributed by atoms with Crippen LogP contribution in [0.15, 0.2) is 42.0 Å². The van der Waals surface area contributed by atoms with Crippen LogP contribution in [0.3, 0.4) is 0 Å². The lowest BCUT2D eigenvalue weighted by Gasteiger charge is -2.34. The number of likely N-dealkylation sites (N-methyl/N-ethyl adjacent to an activating group) is 1. The summed E-state index contributed by atoms with van der Waals surface area (Å²) >= 11 is 1.72. The molecule has 6 heteroatoms. The summed E-state index contributed by atoms with van der Waals surface area (Å²) in [6, 6.07) is 8.41. The molecule has 0 bridgehead atoms. The van der Waals surface area contributed by atoms with Gasteiger partial charge in [0.25, 0.3) is 0 Å². The van der Waals surface area contributed by atoms with Crippen molar-refractivity contribution in [2.45, 2.75) is 13.5 Å². The molecule has 0 saturated carbocycles. The first-order chi connectivity index (χ1) is 12.3. The molecule has 5 nitrogen and oxygen atoms in total. The highest BCUT2D eigenvalue weighted by atomic mass is 32.1. The van der Waals surface area contributed by atoms with Gasteiger partial charge in [-0.3, -0.25) is 4.98 Å². The van der Waals surface area contributed by atoms with Crippen LogP contribution < -0.4 is 10.2 Å². The third kappa shape index (κ3) is 3.60. The van der Waals surface area contributed by atoms with E-state index in [0.29, 0.717) is 0 Å². The van der Waals surface area contributed by atoms with Crippen LogP contribution >= 0.6 is 11.3 Å². The maximum absolute atomic E-state index is 4.68. The Morgan fingerprint density at radius 3 is 2.72 bits per heavy atom. The summed E-state index contributed by atoms with van der Waals surface area (Å²) in [6.07, 6.45) is 3.84. The van der Waals surface area contributed by atoms with Crippen molar-refractivity contribution in [2.75, 3.05) is 42.9 Å². The van der Waals surface area contributed by atoms with Crippen molar-refractivity contribution in [3.05, 3.63) is 47.6 Å². The summed E-state index contributed by atoms with van der Waals surface area (Å²) in [7, 11) is 0. The molecule has 0 radical (unpaired) electrons. The predicted molar refractivity (Wildman–Crippen MR) is 106 cm³/mol. The monoisotopic (exact) mass is 353 g/mol. The van der Waals surface area contributed by atoms with E-state index in [4.69, 9.17) is 0 Å². The van der Waals surface area contributed by atoms with Crippen molar-refractivity contribution in [3.63, 3.8) is 0 Å². The van der Waals surface area contributed by atoms with E-state index < -0.39 is 0 Å². The third-order valence-electron chi connectivity index (χ3n) is 4.78. The largest absolute Gasteiger partial charge is 0.380 e. The Labute approximate surface area is 152 Å². The van der Waals surface area contributed by atoms with Gasteiger partial charge in [0.1, 0.15) is 5.82 Å². The van der Waals surface area contributed by atoms with E-state index in [1.807, 2.05) is 18.5 Å². The molecular formula is C19H23N5S. The molecule has 0 aliphatic carbocycles. The number of aromatic nitrogens is 2. The minimum absolute atomic E-state index is 0.772. The van der Waals surface area contributed by atoms with Crippen LogP contribution in [-0.2, 0) is 6.54 Å². The number of hydrogen-bond donors (Lipinski definition) is 1. The summed E-state index contributed by atoms with van der Waals surface area (Å²) < 4.78 is 1.21. The van der Waals surface area contributed by atoms with E-state index in [0.717, 1.165) is 56.3 Å². The maximum atomic E-state index is 4.68. The molecule has 3 aromatic heterocycles. The number of fused-ring (bicyclic) bond motifs is 1. The normalized spacial score (nSPS) is 15.6. The first-order valence-corrected chi connectivity index (χ1v) is 9.70. The fourth-order valence-corrected chi connectivity index (χ4v) is 4.05. The van der Waals surface area contributed by atoms with Crippen molar-refractivity contribution in [1.29, 1.82) is 0 Å². The fourth-order valence-electron chi connectivity index (χ4n) is 3.21. The summed E-state index contributed by atoms with van der Waals surface area (Å²) in [5.74, 6) is 1.09. The fraction of sp³-hybridized carbons (Fsp3) is 0.368. The Morgan fingerprint density at radius 1 is 1.08 bits per heavy atom. The Balaban J connectivity index is 1.38. The van der Waals surface area contributed by atoms with Crippen molar-refractivity contribution in [1.82, 2.24) is 14.9 Å². The van der Waals surface area contributed by atoms with E-state index >= 15 is 0 Å². The summed E-state index contributed by atoms with van der Waals surface area (Å²) in [6.45, 7) is 8.51.